The smallest absolute Gasteiger partial charge is 0.216 e. The Kier molecular flexibility index (Phi) is 3.45. The molecule has 0 amide bonds. The lowest BCUT2D eigenvalue weighted by Crippen LogP contribution is -2.13. The van der Waals surface area contributed by atoms with Gasteiger partial charge in [0.15, 0.2) is 0 Å². The molecule has 0 saturated carbocycles. The summed E-state index contributed by atoms with van der Waals surface area (Å²) in [6.07, 6.45) is 0. The van der Waals surface area contributed by atoms with Crippen molar-refractivity contribution in [3.05, 3.63) is 59.1 Å². The van der Waals surface area contributed by atoms with Gasteiger partial charge in [-0.3, -0.25) is 0 Å². The average molecular weight is 306 g/mol. The Bertz CT molecular complexity index is 832. The van der Waals surface area contributed by atoms with Gasteiger partial charge in [0.1, 0.15) is 11.3 Å². The molecule has 3 aromatic rings. The summed E-state index contributed by atoms with van der Waals surface area (Å²) in [6, 6.07) is 11.2. The highest BCUT2D eigenvalue weighted by Crippen LogP contribution is 2.22. The molecule has 0 saturated heterocycles. The first-order chi connectivity index (χ1) is 10.2. The molecule has 21 heavy (non-hydrogen) atoms. The molecule has 7 heteroatoms. The van der Waals surface area contributed by atoms with E-state index in [4.69, 9.17) is 16.1 Å². The first kappa shape index (κ1) is 13.4. The number of fused-ring (bicyclic) bond motifs is 1. The molecule has 0 unspecified atom stereocenters. The lowest BCUT2D eigenvalue weighted by Gasteiger charge is -2.06. The van der Waals surface area contributed by atoms with Crippen molar-refractivity contribution in [2.24, 2.45) is 5.16 Å². The molecule has 2 aromatic carbocycles. The topological polar surface area (TPSA) is 70.7 Å². The number of amidine groups is 1. The van der Waals surface area contributed by atoms with Gasteiger partial charge in [-0.15, -0.1) is 0 Å². The summed E-state index contributed by atoms with van der Waals surface area (Å²) < 4.78 is 18.3. The molecule has 0 atom stereocenters. The highest BCUT2D eigenvalue weighted by Gasteiger charge is 2.15. The minimum atomic E-state index is -0.533. The quantitative estimate of drug-likeness (QED) is 0.326. The zero-order chi connectivity index (χ0) is 14.8. The van der Waals surface area contributed by atoms with Crippen LogP contribution in [-0.2, 0) is 0 Å². The Morgan fingerprint density at radius 3 is 2.86 bits per heavy atom. The number of aromatic nitrogens is 1. The first-order valence-corrected chi connectivity index (χ1v) is 6.36. The predicted octanol–water partition coefficient (Wildman–Crippen LogP) is 3.87. The van der Waals surface area contributed by atoms with E-state index in [-0.39, 0.29) is 16.6 Å². The SMILES string of the molecule is O/N=C(/Nc1ccc(F)c(Cl)c1)c1onc2ccccc12. The molecular formula is C14H9ClFN3O2. The van der Waals surface area contributed by atoms with E-state index in [0.29, 0.717) is 16.6 Å². The molecule has 0 spiro atoms. The third-order valence-electron chi connectivity index (χ3n) is 2.88. The molecule has 0 fully saturated rings. The molecule has 106 valence electrons. The van der Waals surface area contributed by atoms with Gasteiger partial charge in [0, 0.05) is 5.69 Å². The van der Waals surface area contributed by atoms with E-state index in [1.165, 1.54) is 18.2 Å². The lowest BCUT2D eigenvalue weighted by molar-refractivity contribution is 0.316. The Hall–Kier alpha value is -2.60. The highest BCUT2D eigenvalue weighted by atomic mass is 35.5. The maximum absolute atomic E-state index is 13.1. The van der Waals surface area contributed by atoms with E-state index in [9.17, 15) is 9.60 Å². The number of nitrogens with one attached hydrogen (secondary N) is 1. The van der Waals surface area contributed by atoms with Crippen LogP contribution in [-0.4, -0.2) is 16.2 Å². The van der Waals surface area contributed by atoms with Crippen molar-refractivity contribution in [3.8, 4) is 0 Å². The van der Waals surface area contributed by atoms with Crippen molar-refractivity contribution in [3.63, 3.8) is 0 Å². The molecule has 0 aliphatic rings. The summed E-state index contributed by atoms with van der Waals surface area (Å²) in [5.74, 6) is -0.213. The van der Waals surface area contributed by atoms with E-state index < -0.39 is 5.82 Å². The zero-order valence-electron chi connectivity index (χ0n) is 10.5. The largest absolute Gasteiger partial charge is 0.409 e. The standard InChI is InChI=1S/C14H9ClFN3O2/c15-10-7-8(5-6-11(10)16)17-14(18-20)13-9-3-1-2-4-12(9)19-21-13/h1-7,20H,(H,17,18). The fraction of sp³-hybridized carbons (Fsp3) is 0. The van der Waals surface area contributed by atoms with Crippen LogP contribution in [0.3, 0.4) is 0 Å². The van der Waals surface area contributed by atoms with Gasteiger partial charge in [-0.05, 0) is 30.3 Å². The van der Waals surface area contributed by atoms with Gasteiger partial charge in [-0.1, -0.05) is 34.0 Å². The molecule has 0 bridgehead atoms. The van der Waals surface area contributed by atoms with E-state index in [2.05, 4.69) is 15.6 Å². The van der Waals surface area contributed by atoms with Crippen molar-refractivity contribution < 1.29 is 14.1 Å². The molecule has 1 heterocycles. The van der Waals surface area contributed by atoms with Crippen LogP contribution in [0.15, 0.2) is 52.1 Å². The Morgan fingerprint density at radius 1 is 1.29 bits per heavy atom. The summed E-state index contributed by atoms with van der Waals surface area (Å²) in [7, 11) is 0. The number of oxime groups is 1. The van der Waals surface area contributed by atoms with Crippen LogP contribution < -0.4 is 5.32 Å². The van der Waals surface area contributed by atoms with Crippen LogP contribution in [0, 0.1) is 5.82 Å². The lowest BCUT2D eigenvalue weighted by atomic mass is 10.2. The minimum absolute atomic E-state index is 0.0419. The summed E-state index contributed by atoms with van der Waals surface area (Å²) in [5, 5.41) is 19.7. The summed E-state index contributed by atoms with van der Waals surface area (Å²) in [5.41, 5.74) is 1.09. The van der Waals surface area contributed by atoms with E-state index in [0.717, 1.165) is 0 Å². The van der Waals surface area contributed by atoms with Crippen molar-refractivity contribution in [2.75, 3.05) is 5.32 Å². The molecule has 3 rings (SSSR count). The zero-order valence-corrected chi connectivity index (χ0v) is 11.3. The van der Waals surface area contributed by atoms with Gasteiger partial charge in [0.2, 0.25) is 11.6 Å². The van der Waals surface area contributed by atoms with Crippen molar-refractivity contribution >= 4 is 34.0 Å². The van der Waals surface area contributed by atoms with E-state index in [1.807, 2.05) is 12.1 Å². The summed E-state index contributed by atoms with van der Waals surface area (Å²) >= 11 is 5.71. The summed E-state index contributed by atoms with van der Waals surface area (Å²) in [6.45, 7) is 0. The van der Waals surface area contributed by atoms with Gasteiger partial charge in [0.25, 0.3) is 0 Å². The second kappa shape index (κ2) is 5.41. The van der Waals surface area contributed by atoms with Crippen LogP contribution in [0.2, 0.25) is 5.02 Å². The van der Waals surface area contributed by atoms with Crippen molar-refractivity contribution in [1.82, 2.24) is 5.16 Å². The maximum Gasteiger partial charge on any atom is 0.216 e. The molecule has 0 aliphatic carbocycles. The number of nitrogens with zero attached hydrogens (tertiary/aromatic N) is 2. The molecule has 2 N–H and O–H groups in total. The molecular weight excluding hydrogens is 297 g/mol. The minimum Gasteiger partial charge on any atom is -0.409 e. The Labute approximate surface area is 123 Å². The second-order valence-electron chi connectivity index (χ2n) is 4.23. The normalized spacial score (nSPS) is 11.8. The molecule has 0 radical (unpaired) electrons. The third-order valence-corrected chi connectivity index (χ3v) is 3.17. The van der Waals surface area contributed by atoms with Gasteiger partial charge in [0.05, 0.1) is 10.4 Å². The number of benzene rings is 2. The monoisotopic (exact) mass is 305 g/mol. The van der Waals surface area contributed by atoms with Gasteiger partial charge in [-0.2, -0.15) is 0 Å². The van der Waals surface area contributed by atoms with Crippen LogP contribution in [0.4, 0.5) is 10.1 Å². The average Bonchev–Trinajstić information content (AvgIpc) is 2.92. The van der Waals surface area contributed by atoms with Crippen LogP contribution in [0.25, 0.3) is 10.9 Å². The predicted molar refractivity (Wildman–Crippen MR) is 77.4 cm³/mol. The number of halogens is 2. The second-order valence-corrected chi connectivity index (χ2v) is 4.64. The van der Waals surface area contributed by atoms with Crippen LogP contribution in [0.1, 0.15) is 5.76 Å². The van der Waals surface area contributed by atoms with Crippen molar-refractivity contribution in [1.29, 1.82) is 0 Å². The van der Waals surface area contributed by atoms with Crippen molar-refractivity contribution in [2.45, 2.75) is 0 Å². The Morgan fingerprint density at radius 2 is 2.10 bits per heavy atom. The molecule has 5 nitrogen and oxygen atoms in total. The molecule has 1 aromatic heterocycles. The van der Waals surface area contributed by atoms with Gasteiger partial charge < -0.3 is 15.0 Å². The van der Waals surface area contributed by atoms with E-state index in [1.54, 1.807) is 12.1 Å². The maximum atomic E-state index is 13.1. The van der Waals surface area contributed by atoms with Gasteiger partial charge >= 0.3 is 0 Å². The van der Waals surface area contributed by atoms with Gasteiger partial charge in [-0.25, -0.2) is 4.39 Å². The number of anilines is 1. The van der Waals surface area contributed by atoms with E-state index >= 15 is 0 Å². The first-order valence-electron chi connectivity index (χ1n) is 5.98. The fourth-order valence-corrected chi connectivity index (χ4v) is 2.08. The third kappa shape index (κ3) is 2.53. The number of rotatable bonds is 2. The number of hydrogen-bond acceptors (Lipinski definition) is 4. The Balaban J connectivity index is 1.97. The fourth-order valence-electron chi connectivity index (χ4n) is 1.90. The van der Waals surface area contributed by atoms with Crippen LogP contribution >= 0.6 is 11.6 Å². The summed E-state index contributed by atoms with van der Waals surface area (Å²) in [4.78, 5) is 0. The molecule has 0 aliphatic heterocycles. The number of hydrogen-bond donors (Lipinski definition) is 2. The van der Waals surface area contributed by atoms with Crippen LogP contribution in [0.5, 0.6) is 0 Å². The highest BCUT2D eigenvalue weighted by molar-refractivity contribution is 6.31.